The van der Waals surface area contributed by atoms with E-state index in [0.717, 1.165) is 10.5 Å². The van der Waals surface area contributed by atoms with Gasteiger partial charge in [-0.05, 0) is 31.5 Å². The molecule has 2 rings (SSSR count). The van der Waals surface area contributed by atoms with E-state index in [9.17, 15) is 4.79 Å². The van der Waals surface area contributed by atoms with E-state index in [0.29, 0.717) is 6.54 Å². The first-order valence-corrected chi connectivity index (χ1v) is 7.96. The maximum atomic E-state index is 12.4. The highest BCUT2D eigenvalue weighted by molar-refractivity contribution is 8.00. The highest BCUT2D eigenvalue weighted by atomic mass is 32.2. The Labute approximate surface area is 131 Å². The van der Waals surface area contributed by atoms with Crippen LogP contribution in [-0.2, 0) is 11.3 Å². The van der Waals surface area contributed by atoms with Gasteiger partial charge in [-0.25, -0.2) is 0 Å². The molecule has 0 N–H and O–H groups in total. The lowest BCUT2D eigenvalue weighted by Gasteiger charge is -2.21. The van der Waals surface area contributed by atoms with Crippen molar-refractivity contribution in [1.82, 2.24) is 4.90 Å². The largest absolute Gasteiger partial charge is 0.340 e. The van der Waals surface area contributed by atoms with Crippen molar-refractivity contribution in [3.05, 3.63) is 65.7 Å². The number of rotatable bonds is 5. The molecule has 2 nitrogen and oxygen atoms in total. The third-order valence-electron chi connectivity index (χ3n) is 3.32. The van der Waals surface area contributed by atoms with Crippen LogP contribution < -0.4 is 0 Å². The maximum absolute atomic E-state index is 12.4. The predicted molar refractivity (Wildman–Crippen MR) is 89.4 cm³/mol. The first-order valence-electron chi connectivity index (χ1n) is 7.08. The molecular formula is C18H21NOS. The number of thioether (sulfide) groups is 1. The van der Waals surface area contributed by atoms with E-state index in [1.165, 1.54) is 5.56 Å². The van der Waals surface area contributed by atoms with Crippen LogP contribution in [0.5, 0.6) is 0 Å². The topological polar surface area (TPSA) is 20.3 Å². The standard InChI is InChI=1S/C18H21NOS/c1-14-9-11-16(12-10-14)13-19(3)18(20)15(2)21-17-7-5-4-6-8-17/h4-12,15H,13H2,1-3H3/t15-/m0/s1. The minimum Gasteiger partial charge on any atom is -0.340 e. The van der Waals surface area contributed by atoms with Crippen molar-refractivity contribution < 1.29 is 4.79 Å². The number of aryl methyl sites for hydroxylation is 1. The van der Waals surface area contributed by atoms with Crippen LogP contribution in [0.25, 0.3) is 0 Å². The Hall–Kier alpha value is -1.74. The van der Waals surface area contributed by atoms with E-state index in [4.69, 9.17) is 0 Å². The highest BCUT2D eigenvalue weighted by Gasteiger charge is 2.18. The molecule has 0 saturated carbocycles. The monoisotopic (exact) mass is 299 g/mol. The number of benzene rings is 2. The van der Waals surface area contributed by atoms with Gasteiger partial charge in [0.25, 0.3) is 0 Å². The number of amides is 1. The van der Waals surface area contributed by atoms with E-state index in [1.807, 2.05) is 44.3 Å². The summed E-state index contributed by atoms with van der Waals surface area (Å²) in [6, 6.07) is 18.4. The smallest absolute Gasteiger partial charge is 0.235 e. The molecule has 0 aromatic heterocycles. The fourth-order valence-corrected chi connectivity index (χ4v) is 3.11. The van der Waals surface area contributed by atoms with Gasteiger partial charge in [0.2, 0.25) is 5.91 Å². The van der Waals surface area contributed by atoms with Crippen molar-refractivity contribution >= 4 is 17.7 Å². The van der Waals surface area contributed by atoms with Gasteiger partial charge in [-0.15, -0.1) is 11.8 Å². The van der Waals surface area contributed by atoms with Gasteiger partial charge in [0.15, 0.2) is 0 Å². The fraction of sp³-hybridized carbons (Fsp3) is 0.278. The van der Waals surface area contributed by atoms with Gasteiger partial charge in [-0.3, -0.25) is 4.79 Å². The van der Waals surface area contributed by atoms with Gasteiger partial charge in [0.1, 0.15) is 0 Å². The first kappa shape index (κ1) is 15.6. The van der Waals surface area contributed by atoms with Crippen LogP contribution in [0.1, 0.15) is 18.1 Å². The molecule has 0 radical (unpaired) electrons. The molecule has 110 valence electrons. The summed E-state index contributed by atoms with van der Waals surface area (Å²) in [7, 11) is 1.87. The van der Waals surface area contributed by atoms with Gasteiger partial charge in [-0.2, -0.15) is 0 Å². The molecule has 2 aromatic rings. The zero-order valence-corrected chi connectivity index (χ0v) is 13.6. The van der Waals surface area contributed by atoms with Crippen molar-refractivity contribution in [2.75, 3.05) is 7.05 Å². The second-order valence-electron chi connectivity index (χ2n) is 5.25. The number of carbonyl (C=O) groups excluding carboxylic acids is 1. The Kier molecular flexibility index (Phi) is 5.45. The third kappa shape index (κ3) is 4.64. The van der Waals surface area contributed by atoms with Crippen molar-refractivity contribution in [2.45, 2.75) is 30.5 Å². The summed E-state index contributed by atoms with van der Waals surface area (Å²) in [5.74, 6) is 0.157. The molecule has 0 aliphatic carbocycles. The summed E-state index contributed by atoms with van der Waals surface area (Å²) in [5.41, 5.74) is 2.40. The molecule has 0 unspecified atom stereocenters. The number of nitrogens with zero attached hydrogens (tertiary/aromatic N) is 1. The van der Waals surface area contributed by atoms with Crippen LogP contribution in [0.15, 0.2) is 59.5 Å². The van der Waals surface area contributed by atoms with Crippen LogP contribution in [0.3, 0.4) is 0 Å². The summed E-state index contributed by atoms with van der Waals surface area (Å²) in [6.45, 7) is 4.68. The van der Waals surface area contributed by atoms with Crippen molar-refractivity contribution in [3.63, 3.8) is 0 Å². The van der Waals surface area contributed by atoms with Crippen LogP contribution in [0.2, 0.25) is 0 Å². The Morgan fingerprint density at radius 1 is 1.10 bits per heavy atom. The first-order chi connectivity index (χ1) is 10.1. The minimum absolute atomic E-state index is 0.0807. The summed E-state index contributed by atoms with van der Waals surface area (Å²) < 4.78 is 0. The number of hydrogen-bond acceptors (Lipinski definition) is 2. The average Bonchev–Trinajstić information content (AvgIpc) is 2.49. The second-order valence-corrected chi connectivity index (χ2v) is 6.67. The summed E-state index contributed by atoms with van der Waals surface area (Å²) in [6.07, 6.45) is 0. The summed E-state index contributed by atoms with van der Waals surface area (Å²) >= 11 is 1.60. The van der Waals surface area contributed by atoms with E-state index in [1.54, 1.807) is 16.7 Å². The lowest BCUT2D eigenvalue weighted by Crippen LogP contribution is -2.32. The molecule has 0 saturated heterocycles. The van der Waals surface area contributed by atoms with Gasteiger partial charge in [0, 0.05) is 18.5 Å². The molecule has 21 heavy (non-hydrogen) atoms. The molecule has 0 aliphatic heterocycles. The zero-order valence-electron chi connectivity index (χ0n) is 12.7. The Morgan fingerprint density at radius 3 is 2.33 bits per heavy atom. The van der Waals surface area contributed by atoms with E-state index < -0.39 is 0 Å². The molecule has 0 heterocycles. The van der Waals surface area contributed by atoms with Crippen LogP contribution in [-0.4, -0.2) is 23.1 Å². The molecule has 0 fully saturated rings. The van der Waals surface area contributed by atoms with Crippen molar-refractivity contribution in [2.24, 2.45) is 0 Å². The third-order valence-corrected chi connectivity index (χ3v) is 4.42. The van der Waals surface area contributed by atoms with Crippen LogP contribution >= 0.6 is 11.8 Å². The van der Waals surface area contributed by atoms with E-state index >= 15 is 0 Å². The van der Waals surface area contributed by atoms with E-state index in [-0.39, 0.29) is 11.2 Å². The molecule has 0 aliphatic rings. The second kappa shape index (κ2) is 7.32. The van der Waals surface area contributed by atoms with Gasteiger partial charge < -0.3 is 4.90 Å². The predicted octanol–water partition coefficient (Wildman–Crippen LogP) is 4.13. The maximum Gasteiger partial charge on any atom is 0.235 e. The average molecular weight is 299 g/mol. The zero-order chi connectivity index (χ0) is 15.2. The molecule has 1 amide bonds. The molecular weight excluding hydrogens is 278 g/mol. The molecule has 3 heteroatoms. The van der Waals surface area contributed by atoms with E-state index in [2.05, 4.69) is 31.2 Å². The van der Waals surface area contributed by atoms with Gasteiger partial charge in [-0.1, -0.05) is 48.0 Å². The van der Waals surface area contributed by atoms with Gasteiger partial charge >= 0.3 is 0 Å². The van der Waals surface area contributed by atoms with Crippen molar-refractivity contribution in [3.8, 4) is 0 Å². The SMILES string of the molecule is Cc1ccc(CN(C)C(=O)[C@H](C)Sc2ccccc2)cc1. The summed E-state index contributed by atoms with van der Waals surface area (Å²) in [5, 5.41) is -0.0807. The Bertz CT molecular complexity index is 580. The lowest BCUT2D eigenvalue weighted by molar-refractivity contribution is -0.129. The lowest BCUT2D eigenvalue weighted by atomic mass is 10.1. The number of carbonyl (C=O) groups is 1. The normalized spacial score (nSPS) is 12.0. The highest BCUT2D eigenvalue weighted by Crippen LogP contribution is 2.24. The quantitative estimate of drug-likeness (QED) is 0.774. The number of hydrogen-bond donors (Lipinski definition) is 0. The molecule has 0 spiro atoms. The minimum atomic E-state index is -0.0807. The Balaban J connectivity index is 1.93. The molecule has 0 bridgehead atoms. The molecule has 2 aromatic carbocycles. The summed E-state index contributed by atoms with van der Waals surface area (Å²) in [4.78, 5) is 15.3. The Morgan fingerprint density at radius 2 is 1.71 bits per heavy atom. The van der Waals surface area contributed by atoms with Gasteiger partial charge in [0.05, 0.1) is 5.25 Å². The molecule has 1 atom stereocenters. The van der Waals surface area contributed by atoms with Crippen LogP contribution in [0, 0.1) is 6.92 Å². The fourth-order valence-electron chi connectivity index (χ4n) is 2.11. The van der Waals surface area contributed by atoms with Crippen molar-refractivity contribution in [1.29, 1.82) is 0 Å². The van der Waals surface area contributed by atoms with Crippen LogP contribution in [0.4, 0.5) is 0 Å².